The van der Waals surface area contributed by atoms with Crippen molar-refractivity contribution >= 4 is 0 Å². The average molecular weight is 184 g/mol. The van der Waals surface area contributed by atoms with E-state index in [1.165, 1.54) is 19.3 Å². The molecule has 2 radical (unpaired) electrons. The van der Waals surface area contributed by atoms with Crippen LogP contribution in [0.25, 0.3) is 0 Å². The zero-order valence-electron chi connectivity index (χ0n) is 9.18. The van der Waals surface area contributed by atoms with Crippen LogP contribution in [-0.2, 0) is 0 Å². The van der Waals surface area contributed by atoms with Gasteiger partial charge in [0.1, 0.15) is 0 Å². The van der Waals surface area contributed by atoms with Crippen molar-refractivity contribution < 1.29 is 0 Å². The first-order valence-electron chi connectivity index (χ1n) is 5.40. The molecule has 0 bridgehead atoms. The molecule has 0 aliphatic heterocycles. The molecular formula is C11H24N2. The molecule has 0 rings (SSSR count). The zero-order chi connectivity index (χ0) is 9.94. The minimum absolute atomic E-state index is 0.507. The number of unbranched alkanes of at least 4 members (excludes halogenated alkanes) is 3. The van der Waals surface area contributed by atoms with Crippen molar-refractivity contribution in [1.82, 2.24) is 10.6 Å². The van der Waals surface area contributed by atoms with E-state index in [2.05, 4.69) is 24.5 Å². The molecule has 2 nitrogen and oxygen atoms in total. The lowest BCUT2D eigenvalue weighted by atomic mass is 10.2. The second-order valence-electron chi connectivity index (χ2n) is 3.56. The standard InChI is InChI=1S/C11H24N2/c1-4-5-6-7-9-13-10-8-11(2)12-3/h11,13H,1,4-10H2,2-3H3. The van der Waals surface area contributed by atoms with E-state index in [9.17, 15) is 0 Å². The van der Waals surface area contributed by atoms with E-state index in [4.69, 9.17) is 0 Å². The van der Waals surface area contributed by atoms with Gasteiger partial charge in [0.2, 0.25) is 0 Å². The quantitative estimate of drug-likeness (QED) is 0.545. The number of hydrogen-bond donors (Lipinski definition) is 1. The van der Waals surface area contributed by atoms with Crippen LogP contribution in [0.4, 0.5) is 0 Å². The van der Waals surface area contributed by atoms with Gasteiger partial charge in [0, 0.05) is 13.1 Å². The predicted molar refractivity (Wildman–Crippen MR) is 58.8 cm³/mol. The van der Waals surface area contributed by atoms with Crippen LogP contribution < -0.4 is 10.6 Å². The van der Waals surface area contributed by atoms with Crippen molar-refractivity contribution in [2.24, 2.45) is 0 Å². The van der Waals surface area contributed by atoms with Gasteiger partial charge < -0.3 is 5.32 Å². The molecular weight excluding hydrogens is 160 g/mol. The Morgan fingerprint density at radius 1 is 1.23 bits per heavy atom. The SMILES string of the molecule is [CH2]CCCCCNCCC(C)[N]C. The first kappa shape index (κ1) is 12.9. The molecule has 1 atom stereocenters. The van der Waals surface area contributed by atoms with Crippen LogP contribution in [0.5, 0.6) is 0 Å². The molecule has 13 heavy (non-hydrogen) atoms. The first-order valence-corrected chi connectivity index (χ1v) is 5.40. The van der Waals surface area contributed by atoms with Crippen LogP contribution in [0.2, 0.25) is 0 Å². The highest BCUT2D eigenvalue weighted by molar-refractivity contribution is 4.58. The van der Waals surface area contributed by atoms with Gasteiger partial charge in [0.15, 0.2) is 0 Å². The van der Waals surface area contributed by atoms with E-state index in [0.717, 1.165) is 25.9 Å². The largest absolute Gasteiger partial charge is 0.317 e. The van der Waals surface area contributed by atoms with Gasteiger partial charge in [-0.3, -0.25) is 0 Å². The van der Waals surface area contributed by atoms with Crippen LogP contribution in [-0.4, -0.2) is 26.2 Å². The molecule has 0 aromatic carbocycles. The van der Waals surface area contributed by atoms with Gasteiger partial charge >= 0.3 is 0 Å². The molecule has 78 valence electrons. The summed E-state index contributed by atoms with van der Waals surface area (Å²) >= 11 is 0. The Hall–Kier alpha value is -0.0800. The number of nitrogens with zero attached hydrogens (tertiary/aromatic N) is 1. The Morgan fingerprint density at radius 3 is 2.62 bits per heavy atom. The highest BCUT2D eigenvalue weighted by Gasteiger charge is 1.97. The molecule has 0 aromatic rings. The summed E-state index contributed by atoms with van der Waals surface area (Å²) in [7, 11) is 1.89. The first-order chi connectivity index (χ1) is 6.31. The highest BCUT2D eigenvalue weighted by Crippen LogP contribution is 1.96. The van der Waals surface area contributed by atoms with E-state index in [1.54, 1.807) is 0 Å². The number of nitrogens with one attached hydrogen (secondary N) is 1. The Labute approximate surface area is 83.5 Å². The molecule has 0 saturated carbocycles. The summed E-state index contributed by atoms with van der Waals surface area (Å²) in [4.78, 5) is 0. The fourth-order valence-corrected chi connectivity index (χ4v) is 1.17. The summed E-state index contributed by atoms with van der Waals surface area (Å²) in [5.74, 6) is 0. The molecule has 0 spiro atoms. The zero-order valence-corrected chi connectivity index (χ0v) is 9.18. The van der Waals surface area contributed by atoms with Crippen LogP contribution in [0.1, 0.15) is 39.0 Å². The summed E-state index contributed by atoms with van der Waals surface area (Å²) in [6.07, 6.45) is 6.09. The molecule has 0 aromatic heterocycles. The normalized spacial score (nSPS) is 13.2. The Kier molecular flexibility index (Phi) is 9.94. The lowest BCUT2D eigenvalue weighted by molar-refractivity contribution is 0.512. The number of hydrogen-bond acceptors (Lipinski definition) is 1. The Morgan fingerprint density at radius 2 is 2.00 bits per heavy atom. The maximum absolute atomic E-state index is 4.19. The third kappa shape index (κ3) is 9.84. The molecule has 0 amide bonds. The summed E-state index contributed by atoms with van der Waals surface area (Å²) in [6, 6.07) is 0.507. The molecule has 0 heterocycles. The van der Waals surface area contributed by atoms with Crippen LogP contribution in [0, 0.1) is 6.92 Å². The lowest BCUT2D eigenvalue weighted by Gasteiger charge is -2.08. The molecule has 1 N–H and O–H groups in total. The second-order valence-corrected chi connectivity index (χ2v) is 3.56. The lowest BCUT2D eigenvalue weighted by Crippen LogP contribution is -2.24. The second kappa shape index (κ2) is 10.0. The summed E-state index contributed by atoms with van der Waals surface area (Å²) in [5, 5.41) is 7.62. The van der Waals surface area contributed by atoms with Gasteiger partial charge in [-0.25, -0.2) is 5.32 Å². The van der Waals surface area contributed by atoms with Gasteiger partial charge in [-0.1, -0.05) is 26.2 Å². The van der Waals surface area contributed by atoms with Gasteiger partial charge in [0.25, 0.3) is 0 Å². The Bertz CT molecular complexity index is 94.1. The van der Waals surface area contributed by atoms with E-state index < -0.39 is 0 Å². The minimum atomic E-state index is 0.507. The number of rotatable bonds is 9. The van der Waals surface area contributed by atoms with Crippen molar-refractivity contribution in [1.29, 1.82) is 0 Å². The summed E-state index contributed by atoms with van der Waals surface area (Å²) in [6.45, 7) is 8.23. The molecule has 1 unspecified atom stereocenters. The third-order valence-corrected chi connectivity index (χ3v) is 2.28. The monoisotopic (exact) mass is 184 g/mol. The molecule has 0 aliphatic carbocycles. The average Bonchev–Trinajstić information content (AvgIpc) is 2.16. The highest BCUT2D eigenvalue weighted by atomic mass is 14.9. The molecule has 2 heteroatoms. The molecule has 0 aliphatic rings. The third-order valence-electron chi connectivity index (χ3n) is 2.28. The van der Waals surface area contributed by atoms with Crippen molar-refractivity contribution in [3.63, 3.8) is 0 Å². The van der Waals surface area contributed by atoms with Gasteiger partial charge in [0.05, 0.1) is 0 Å². The fraction of sp³-hybridized carbons (Fsp3) is 0.909. The Balaban J connectivity index is 2.91. The van der Waals surface area contributed by atoms with Crippen molar-refractivity contribution in [2.45, 2.75) is 45.1 Å². The smallest absolute Gasteiger partial charge is 0.0226 e. The summed E-state index contributed by atoms with van der Waals surface area (Å²) < 4.78 is 0. The maximum Gasteiger partial charge on any atom is 0.0226 e. The maximum atomic E-state index is 4.19. The van der Waals surface area contributed by atoms with E-state index in [0.29, 0.717) is 6.04 Å². The van der Waals surface area contributed by atoms with Gasteiger partial charge in [-0.05, 0) is 32.9 Å². The van der Waals surface area contributed by atoms with E-state index in [1.807, 2.05) is 7.05 Å². The van der Waals surface area contributed by atoms with Crippen LogP contribution in [0.3, 0.4) is 0 Å². The molecule has 0 saturated heterocycles. The predicted octanol–water partition coefficient (Wildman–Crippen LogP) is 1.98. The minimum Gasteiger partial charge on any atom is -0.317 e. The van der Waals surface area contributed by atoms with Crippen molar-refractivity contribution in [2.75, 3.05) is 20.1 Å². The topological polar surface area (TPSA) is 26.1 Å². The van der Waals surface area contributed by atoms with Crippen molar-refractivity contribution in [3.05, 3.63) is 6.92 Å². The van der Waals surface area contributed by atoms with E-state index >= 15 is 0 Å². The van der Waals surface area contributed by atoms with Crippen LogP contribution >= 0.6 is 0 Å². The van der Waals surface area contributed by atoms with Crippen LogP contribution in [0.15, 0.2) is 0 Å². The fourth-order valence-electron chi connectivity index (χ4n) is 1.17. The summed E-state index contributed by atoms with van der Waals surface area (Å²) in [5.41, 5.74) is 0. The molecule has 0 fully saturated rings. The van der Waals surface area contributed by atoms with E-state index in [-0.39, 0.29) is 0 Å². The van der Waals surface area contributed by atoms with Gasteiger partial charge in [-0.15, -0.1) is 0 Å². The van der Waals surface area contributed by atoms with Crippen molar-refractivity contribution in [3.8, 4) is 0 Å². The van der Waals surface area contributed by atoms with Gasteiger partial charge in [-0.2, -0.15) is 0 Å².